The molecule has 32 heavy (non-hydrogen) atoms. The average Bonchev–Trinajstić information content (AvgIpc) is 2.68. The van der Waals surface area contributed by atoms with Crippen molar-refractivity contribution in [2.24, 2.45) is 12.9 Å². The van der Waals surface area contributed by atoms with E-state index < -0.39 is 22.8 Å². The molecule has 0 radical (unpaired) electrons. The van der Waals surface area contributed by atoms with Crippen LogP contribution in [0.1, 0.15) is 56.2 Å². The summed E-state index contributed by atoms with van der Waals surface area (Å²) >= 11 is 2.00. The smallest absolute Gasteiger partial charge is 0.330 e. The molecule has 0 saturated carbocycles. The number of hydrogen-bond donors (Lipinski definition) is 1. The maximum absolute atomic E-state index is 14.1. The van der Waals surface area contributed by atoms with Crippen molar-refractivity contribution in [2.75, 3.05) is 13.2 Å². The van der Waals surface area contributed by atoms with Crippen LogP contribution in [0.5, 0.6) is 0 Å². The Kier molecular flexibility index (Phi) is 10.9. The highest BCUT2D eigenvalue weighted by molar-refractivity contribution is 14.1. The van der Waals surface area contributed by atoms with Crippen LogP contribution in [-0.4, -0.2) is 33.7 Å². The quantitative estimate of drug-likeness (QED) is 0.241. The minimum absolute atomic E-state index is 0.0107. The van der Waals surface area contributed by atoms with Crippen molar-refractivity contribution in [3.05, 3.63) is 65.2 Å². The molecular formula is C22H31FIN3O5. The van der Waals surface area contributed by atoms with Crippen LogP contribution in [0.15, 0.2) is 27.8 Å². The van der Waals surface area contributed by atoms with Gasteiger partial charge in [0.05, 0.1) is 18.8 Å². The van der Waals surface area contributed by atoms with Crippen LogP contribution in [0.3, 0.4) is 0 Å². The van der Waals surface area contributed by atoms with Gasteiger partial charge in [0.1, 0.15) is 11.4 Å². The van der Waals surface area contributed by atoms with Gasteiger partial charge in [-0.15, -0.1) is 0 Å². The van der Waals surface area contributed by atoms with Gasteiger partial charge in [-0.2, -0.15) is 0 Å². The van der Waals surface area contributed by atoms with Gasteiger partial charge in [0, 0.05) is 29.3 Å². The van der Waals surface area contributed by atoms with Crippen LogP contribution < -0.4 is 17.1 Å². The van der Waals surface area contributed by atoms with Crippen LogP contribution in [0.25, 0.3) is 0 Å². The summed E-state index contributed by atoms with van der Waals surface area (Å²) in [6.07, 6.45) is 0.0107. The highest BCUT2D eigenvalue weighted by atomic mass is 127. The molecule has 0 fully saturated rings. The number of hydrogen-bond acceptors (Lipinski definition) is 6. The number of Topliss-reactive ketones (excluding diaryl/α,β-unsaturated/α-hetero) is 1. The molecule has 0 bridgehead atoms. The average molecular weight is 563 g/mol. The van der Waals surface area contributed by atoms with E-state index >= 15 is 0 Å². The van der Waals surface area contributed by atoms with Crippen LogP contribution in [0.2, 0.25) is 0 Å². The van der Waals surface area contributed by atoms with E-state index in [1.165, 1.54) is 24.6 Å². The first-order chi connectivity index (χ1) is 14.8. The third-order valence-electron chi connectivity index (χ3n) is 4.43. The fraction of sp³-hybridized carbons (Fsp3) is 0.500. The van der Waals surface area contributed by atoms with Gasteiger partial charge in [0.15, 0.2) is 5.78 Å². The lowest BCUT2D eigenvalue weighted by atomic mass is 10.0. The largest absolute Gasteiger partial charge is 0.373 e. The molecule has 0 saturated heterocycles. The Hall–Kier alpha value is -1.89. The van der Waals surface area contributed by atoms with Crippen molar-refractivity contribution in [3.8, 4) is 0 Å². The number of rotatable bonds is 7. The topological polar surface area (TPSA) is 106 Å². The molecule has 178 valence electrons. The molecule has 0 amide bonds. The van der Waals surface area contributed by atoms with E-state index in [1.807, 2.05) is 43.4 Å². The molecule has 8 nitrogen and oxygen atoms in total. The molecule has 0 aliphatic carbocycles. The third kappa shape index (κ3) is 7.91. The Morgan fingerprint density at radius 1 is 1.22 bits per heavy atom. The van der Waals surface area contributed by atoms with Crippen LogP contribution in [0, 0.1) is 9.39 Å². The van der Waals surface area contributed by atoms with E-state index in [4.69, 9.17) is 10.6 Å². The number of ether oxygens (including phenoxy) is 1. The van der Waals surface area contributed by atoms with Crippen molar-refractivity contribution in [1.82, 2.24) is 9.13 Å². The SMILES string of the molecule is CC(C)(C)OCCON.CCn1c(Cc2ccc(I)cc2F)c(C(C)=O)c(=O)n(C)c1=O. The van der Waals surface area contributed by atoms with Gasteiger partial charge >= 0.3 is 5.69 Å². The second-order valence-electron chi connectivity index (χ2n) is 8.01. The molecular weight excluding hydrogens is 532 g/mol. The molecule has 1 aromatic carbocycles. The van der Waals surface area contributed by atoms with E-state index in [9.17, 15) is 18.8 Å². The highest BCUT2D eigenvalue weighted by Crippen LogP contribution is 2.17. The van der Waals surface area contributed by atoms with Crippen molar-refractivity contribution in [3.63, 3.8) is 0 Å². The second kappa shape index (κ2) is 12.4. The van der Waals surface area contributed by atoms with E-state index in [-0.39, 0.29) is 29.8 Å². The molecule has 0 aliphatic heterocycles. The van der Waals surface area contributed by atoms with E-state index in [2.05, 4.69) is 4.84 Å². The standard InChI is InChI=1S/C16H16FIN2O3.C6H15NO2/c1-4-20-13(7-10-5-6-11(18)8-12(10)17)14(9(2)21)15(22)19(3)16(20)23;1-6(2,3)8-4-5-9-7/h5-6,8H,4,7H2,1-3H3;4-5,7H2,1-3H3. The summed E-state index contributed by atoms with van der Waals surface area (Å²) in [5.74, 6) is 3.91. The zero-order valence-corrected chi connectivity index (χ0v) is 21.5. The normalized spacial score (nSPS) is 11.2. The zero-order chi connectivity index (χ0) is 24.6. The fourth-order valence-corrected chi connectivity index (χ4v) is 3.37. The first kappa shape index (κ1) is 28.1. The van der Waals surface area contributed by atoms with Crippen LogP contribution in [0.4, 0.5) is 4.39 Å². The number of ketones is 1. The lowest BCUT2D eigenvalue weighted by Gasteiger charge is -2.18. The van der Waals surface area contributed by atoms with E-state index in [0.29, 0.717) is 18.8 Å². The second-order valence-corrected chi connectivity index (χ2v) is 9.26. The first-order valence-electron chi connectivity index (χ1n) is 10.1. The molecule has 10 heteroatoms. The molecule has 1 aromatic heterocycles. The Morgan fingerprint density at radius 2 is 1.84 bits per heavy atom. The first-order valence-corrected chi connectivity index (χ1v) is 11.1. The predicted molar refractivity (Wildman–Crippen MR) is 129 cm³/mol. The number of carbonyl (C=O) groups is 1. The van der Waals surface area contributed by atoms with E-state index in [0.717, 1.165) is 8.14 Å². The number of carbonyl (C=O) groups excluding carboxylic acids is 1. The molecule has 2 N–H and O–H groups in total. The van der Waals surface area contributed by atoms with Crippen molar-refractivity contribution in [2.45, 2.75) is 53.2 Å². The number of aromatic nitrogens is 2. The van der Waals surface area contributed by atoms with Gasteiger partial charge in [0.25, 0.3) is 5.56 Å². The molecule has 2 aromatic rings. The Balaban J connectivity index is 0.000000482. The van der Waals surface area contributed by atoms with Gasteiger partial charge in [-0.25, -0.2) is 15.1 Å². The molecule has 0 unspecified atom stereocenters. The summed E-state index contributed by atoms with van der Waals surface area (Å²) < 4.78 is 22.4. The maximum Gasteiger partial charge on any atom is 0.330 e. The minimum atomic E-state index is -0.645. The molecule has 0 spiro atoms. The summed E-state index contributed by atoms with van der Waals surface area (Å²) in [6, 6.07) is 4.71. The van der Waals surface area contributed by atoms with E-state index in [1.54, 1.807) is 19.1 Å². The lowest BCUT2D eigenvalue weighted by Crippen LogP contribution is -2.43. The summed E-state index contributed by atoms with van der Waals surface area (Å²) in [4.78, 5) is 40.8. The van der Waals surface area contributed by atoms with Crippen molar-refractivity contribution >= 4 is 28.4 Å². The zero-order valence-electron chi connectivity index (χ0n) is 19.3. The van der Waals surface area contributed by atoms with Gasteiger partial charge in [-0.3, -0.25) is 18.7 Å². The number of nitrogens with two attached hydrogens (primary N) is 1. The predicted octanol–water partition coefficient (Wildman–Crippen LogP) is 2.80. The Bertz CT molecular complexity index is 1060. The monoisotopic (exact) mass is 563 g/mol. The van der Waals surface area contributed by atoms with Gasteiger partial charge < -0.3 is 9.57 Å². The minimum Gasteiger partial charge on any atom is -0.373 e. The summed E-state index contributed by atoms with van der Waals surface area (Å²) in [5, 5.41) is 0. The lowest BCUT2D eigenvalue weighted by molar-refractivity contribution is -0.0352. The molecule has 0 atom stereocenters. The highest BCUT2D eigenvalue weighted by Gasteiger charge is 2.21. The van der Waals surface area contributed by atoms with Gasteiger partial charge in [0.2, 0.25) is 0 Å². The summed E-state index contributed by atoms with van der Waals surface area (Å²) in [5.41, 5.74) is -0.710. The molecule has 1 heterocycles. The molecule has 0 aliphatic rings. The fourth-order valence-electron chi connectivity index (χ4n) is 2.91. The van der Waals surface area contributed by atoms with Crippen molar-refractivity contribution < 1.29 is 18.8 Å². The van der Waals surface area contributed by atoms with Gasteiger partial charge in [-0.1, -0.05) is 6.07 Å². The van der Waals surface area contributed by atoms with Crippen LogP contribution >= 0.6 is 22.6 Å². The Labute approximate surface area is 200 Å². The number of benzene rings is 1. The number of nitrogens with zero attached hydrogens (tertiary/aromatic N) is 2. The molecule has 2 rings (SSSR count). The summed E-state index contributed by atoms with van der Waals surface area (Å²) in [6.45, 7) is 10.3. The maximum atomic E-state index is 14.1. The van der Waals surface area contributed by atoms with Crippen molar-refractivity contribution in [1.29, 1.82) is 0 Å². The van der Waals surface area contributed by atoms with Crippen LogP contribution in [-0.2, 0) is 29.6 Å². The summed E-state index contributed by atoms with van der Waals surface area (Å²) in [7, 11) is 1.33. The number of halogens is 2. The van der Waals surface area contributed by atoms with Gasteiger partial charge in [-0.05, 0) is 74.9 Å². The Morgan fingerprint density at radius 3 is 2.31 bits per heavy atom. The third-order valence-corrected chi connectivity index (χ3v) is 5.10.